The van der Waals surface area contributed by atoms with Crippen LogP contribution < -0.4 is 5.32 Å². The van der Waals surface area contributed by atoms with Gasteiger partial charge in [-0.2, -0.15) is 0 Å². The molecule has 3 atom stereocenters. The summed E-state index contributed by atoms with van der Waals surface area (Å²) in [5.41, 5.74) is 0. The molecule has 0 aromatic carbocycles. The molecule has 66 heavy (non-hydrogen) atoms. The van der Waals surface area contributed by atoms with Crippen molar-refractivity contribution in [3.63, 3.8) is 0 Å². The predicted molar refractivity (Wildman–Crippen MR) is 287 cm³/mol. The largest absolute Gasteiger partial charge is 0.462 e. The highest BCUT2D eigenvalue weighted by Gasteiger charge is 2.24. The quantitative estimate of drug-likeness (QED) is 0.0321. The predicted octanol–water partition coefficient (Wildman–Crippen LogP) is 18.0. The number of rotatable bonds is 53. The molecule has 3 N–H and O–H groups in total. The summed E-state index contributed by atoms with van der Waals surface area (Å²) >= 11 is 0. The first-order chi connectivity index (χ1) is 32.5. The number of nitrogens with one attached hydrogen (secondary N) is 1. The molecule has 0 aromatic heterocycles. The van der Waals surface area contributed by atoms with Gasteiger partial charge in [-0.1, -0.05) is 250 Å². The van der Waals surface area contributed by atoms with Gasteiger partial charge >= 0.3 is 5.97 Å². The van der Waals surface area contributed by atoms with Crippen molar-refractivity contribution in [3.05, 3.63) is 36.5 Å². The number of ether oxygens (including phenoxy) is 1. The molecule has 0 aliphatic carbocycles. The van der Waals surface area contributed by atoms with Crippen LogP contribution in [0.4, 0.5) is 0 Å². The molecule has 0 aliphatic heterocycles. The molecule has 0 heterocycles. The van der Waals surface area contributed by atoms with E-state index in [4.69, 9.17) is 4.74 Å². The summed E-state index contributed by atoms with van der Waals surface area (Å²) in [5.74, 6) is -0.487. The number of aliphatic hydroxyl groups excluding tert-OH is 2. The van der Waals surface area contributed by atoms with E-state index >= 15 is 0 Å². The molecule has 0 aromatic rings. The van der Waals surface area contributed by atoms with Gasteiger partial charge in [-0.15, -0.1) is 0 Å². The number of carbonyl (C=O) groups is 2. The standard InChI is InChI=1S/C60H113NO5/c1-4-7-10-13-16-19-22-25-27-29-31-34-36-39-42-45-48-51-56(66-60(65)53-50-47-44-41-38-33-24-21-18-15-12-9-6-3)54-59(64)61-57(55-62)58(63)52-49-46-43-40-37-35-32-30-28-26-23-20-17-14-11-8-5-2/h16,19,25,27,33,38,56-58,62-63H,4-15,17-18,20-24,26,28-32,34-37,39-55H2,1-3H3,(H,61,64)/b19-16-,27-25-,38-33-. The summed E-state index contributed by atoms with van der Waals surface area (Å²) in [6.45, 7) is 6.48. The van der Waals surface area contributed by atoms with E-state index < -0.39 is 18.2 Å². The number of hydrogen-bond acceptors (Lipinski definition) is 5. The van der Waals surface area contributed by atoms with Crippen LogP contribution in [0, 0.1) is 0 Å². The first-order valence-corrected chi connectivity index (χ1v) is 29.2. The molecule has 3 unspecified atom stereocenters. The summed E-state index contributed by atoms with van der Waals surface area (Å²) in [4.78, 5) is 26.3. The van der Waals surface area contributed by atoms with Crippen LogP contribution in [0.3, 0.4) is 0 Å². The van der Waals surface area contributed by atoms with Gasteiger partial charge < -0.3 is 20.3 Å². The van der Waals surface area contributed by atoms with Crippen LogP contribution in [0.1, 0.15) is 310 Å². The van der Waals surface area contributed by atoms with E-state index in [0.717, 1.165) is 70.6 Å². The molecule has 0 saturated carbocycles. The lowest BCUT2D eigenvalue weighted by Crippen LogP contribution is -2.46. The second-order valence-electron chi connectivity index (χ2n) is 20.0. The first-order valence-electron chi connectivity index (χ1n) is 29.2. The zero-order chi connectivity index (χ0) is 48.1. The molecule has 0 bridgehead atoms. The maximum Gasteiger partial charge on any atom is 0.306 e. The summed E-state index contributed by atoms with van der Waals surface area (Å²) in [7, 11) is 0. The van der Waals surface area contributed by atoms with Crippen LogP contribution in [0.15, 0.2) is 36.5 Å². The van der Waals surface area contributed by atoms with Gasteiger partial charge in [0.05, 0.1) is 25.2 Å². The second-order valence-corrected chi connectivity index (χ2v) is 20.0. The number of amides is 1. The molecule has 0 saturated heterocycles. The third-order valence-corrected chi connectivity index (χ3v) is 13.4. The third kappa shape index (κ3) is 48.5. The Bertz CT molecular complexity index is 1090. The number of carbonyl (C=O) groups excluding carboxylic acids is 2. The molecule has 388 valence electrons. The molecule has 0 aliphatic rings. The van der Waals surface area contributed by atoms with Crippen LogP contribution in [0.5, 0.6) is 0 Å². The topological polar surface area (TPSA) is 95.9 Å². The fraction of sp³-hybridized carbons (Fsp3) is 0.867. The molecular weight excluding hydrogens is 815 g/mol. The molecule has 0 spiro atoms. The van der Waals surface area contributed by atoms with Crippen molar-refractivity contribution < 1.29 is 24.5 Å². The smallest absolute Gasteiger partial charge is 0.306 e. The van der Waals surface area contributed by atoms with E-state index in [1.54, 1.807) is 0 Å². The van der Waals surface area contributed by atoms with Gasteiger partial charge in [-0.25, -0.2) is 0 Å². The Labute approximate surface area is 411 Å². The maximum absolute atomic E-state index is 13.3. The van der Waals surface area contributed by atoms with E-state index in [1.807, 2.05) is 0 Å². The normalized spacial score (nSPS) is 13.3. The Hall–Kier alpha value is -1.92. The number of unbranched alkanes of at least 4 members (excludes halogenated alkanes) is 35. The van der Waals surface area contributed by atoms with Crippen molar-refractivity contribution in [2.45, 2.75) is 328 Å². The molecule has 0 fully saturated rings. The Morgan fingerprint density at radius 2 is 0.773 bits per heavy atom. The summed E-state index contributed by atoms with van der Waals surface area (Å²) < 4.78 is 5.95. The van der Waals surface area contributed by atoms with Crippen LogP contribution in [-0.4, -0.2) is 46.9 Å². The lowest BCUT2D eigenvalue weighted by atomic mass is 10.0. The monoisotopic (exact) mass is 928 g/mol. The lowest BCUT2D eigenvalue weighted by Gasteiger charge is -2.24. The van der Waals surface area contributed by atoms with E-state index in [-0.39, 0.29) is 24.9 Å². The number of hydrogen-bond donors (Lipinski definition) is 3. The Morgan fingerprint density at radius 1 is 0.439 bits per heavy atom. The summed E-state index contributed by atoms with van der Waals surface area (Å²) in [5, 5.41) is 23.9. The van der Waals surface area contributed by atoms with Crippen molar-refractivity contribution in [3.8, 4) is 0 Å². The van der Waals surface area contributed by atoms with Crippen LogP contribution in [-0.2, 0) is 14.3 Å². The van der Waals surface area contributed by atoms with Crippen LogP contribution in [0.2, 0.25) is 0 Å². The zero-order valence-electron chi connectivity index (χ0n) is 44.3. The highest BCUT2D eigenvalue weighted by atomic mass is 16.5. The average molecular weight is 929 g/mol. The van der Waals surface area contributed by atoms with Crippen LogP contribution >= 0.6 is 0 Å². The zero-order valence-corrected chi connectivity index (χ0v) is 44.3. The SMILES string of the molecule is CCCCC/C=C\C/C=C\CCCCCCCCCC(CC(=O)NC(CO)C(O)CCCCCCCCCCCCCCCCCCC)OC(=O)CCCCC/C=C\CCCCCCCC. The Balaban J connectivity index is 4.54. The Morgan fingerprint density at radius 3 is 1.20 bits per heavy atom. The number of aliphatic hydroxyl groups is 2. The lowest BCUT2D eigenvalue weighted by molar-refractivity contribution is -0.151. The highest BCUT2D eigenvalue weighted by Crippen LogP contribution is 2.18. The van der Waals surface area contributed by atoms with E-state index in [1.165, 1.54) is 193 Å². The third-order valence-electron chi connectivity index (χ3n) is 13.4. The van der Waals surface area contributed by atoms with Gasteiger partial charge in [0.25, 0.3) is 0 Å². The van der Waals surface area contributed by atoms with E-state index in [0.29, 0.717) is 19.3 Å². The van der Waals surface area contributed by atoms with Crippen LogP contribution in [0.25, 0.3) is 0 Å². The summed E-state index contributed by atoms with van der Waals surface area (Å²) in [6.07, 6.45) is 64.9. The van der Waals surface area contributed by atoms with Gasteiger partial charge in [0.1, 0.15) is 6.10 Å². The average Bonchev–Trinajstić information content (AvgIpc) is 3.31. The highest BCUT2D eigenvalue weighted by molar-refractivity contribution is 5.77. The minimum atomic E-state index is -0.792. The minimum Gasteiger partial charge on any atom is -0.462 e. The fourth-order valence-corrected chi connectivity index (χ4v) is 8.99. The first kappa shape index (κ1) is 64.1. The minimum absolute atomic E-state index is 0.0691. The van der Waals surface area contributed by atoms with Crippen molar-refractivity contribution >= 4 is 11.9 Å². The molecule has 0 rings (SSSR count). The summed E-state index contributed by atoms with van der Waals surface area (Å²) in [6, 6.07) is -0.706. The van der Waals surface area contributed by atoms with Crippen molar-refractivity contribution in [1.29, 1.82) is 0 Å². The van der Waals surface area contributed by atoms with Crippen molar-refractivity contribution in [2.75, 3.05) is 6.61 Å². The maximum atomic E-state index is 13.3. The van der Waals surface area contributed by atoms with Gasteiger partial charge in [0.15, 0.2) is 0 Å². The van der Waals surface area contributed by atoms with Gasteiger partial charge in [-0.05, 0) is 83.5 Å². The van der Waals surface area contributed by atoms with Crippen molar-refractivity contribution in [1.82, 2.24) is 5.32 Å². The van der Waals surface area contributed by atoms with E-state index in [2.05, 4.69) is 62.5 Å². The molecule has 0 radical (unpaired) electrons. The van der Waals surface area contributed by atoms with E-state index in [9.17, 15) is 19.8 Å². The number of esters is 1. The molecule has 6 heteroatoms. The van der Waals surface area contributed by atoms with Gasteiger partial charge in [0, 0.05) is 6.42 Å². The fourth-order valence-electron chi connectivity index (χ4n) is 8.99. The van der Waals surface area contributed by atoms with Crippen molar-refractivity contribution in [2.24, 2.45) is 0 Å². The molecule has 6 nitrogen and oxygen atoms in total. The molecular formula is C60H113NO5. The van der Waals surface area contributed by atoms with Gasteiger partial charge in [0.2, 0.25) is 5.91 Å². The molecule has 1 amide bonds. The second kappa shape index (κ2) is 54.0. The van der Waals surface area contributed by atoms with Gasteiger partial charge in [-0.3, -0.25) is 9.59 Å². The number of allylic oxidation sites excluding steroid dienone is 6. The Kier molecular flexibility index (Phi) is 52.5.